The molecule has 7 heteroatoms. The molecule has 5 nitrogen and oxygen atoms in total. The number of hydrogen-bond acceptors (Lipinski definition) is 4. The maximum absolute atomic E-state index is 12.5. The molecular formula is C20H26N2O3S2. The summed E-state index contributed by atoms with van der Waals surface area (Å²) in [5.41, 5.74) is 3.79. The Bertz CT molecular complexity index is 904. The number of carbonyl (C=O) groups excluding carboxylic acids is 1. The highest BCUT2D eigenvalue weighted by Gasteiger charge is 2.19. The fraction of sp³-hybridized carbons (Fsp3) is 0.350. The van der Waals surface area contributed by atoms with Gasteiger partial charge in [-0.3, -0.25) is 4.79 Å². The van der Waals surface area contributed by atoms with Crippen molar-refractivity contribution >= 4 is 33.4 Å². The Balaban J connectivity index is 2.03. The zero-order valence-corrected chi connectivity index (χ0v) is 17.9. The molecule has 0 aliphatic rings. The second kappa shape index (κ2) is 8.91. The van der Waals surface area contributed by atoms with Gasteiger partial charge < -0.3 is 5.32 Å². The van der Waals surface area contributed by atoms with E-state index < -0.39 is 10.0 Å². The molecule has 0 aliphatic heterocycles. The Labute approximate surface area is 166 Å². The van der Waals surface area contributed by atoms with Gasteiger partial charge in [-0.1, -0.05) is 30.3 Å². The van der Waals surface area contributed by atoms with Crippen LogP contribution < -0.4 is 5.32 Å². The molecule has 0 heterocycles. The van der Waals surface area contributed by atoms with Gasteiger partial charge in [-0.15, -0.1) is 11.8 Å². The van der Waals surface area contributed by atoms with E-state index in [1.807, 2.05) is 45.0 Å². The van der Waals surface area contributed by atoms with Gasteiger partial charge in [0.05, 0.1) is 10.1 Å². The van der Waals surface area contributed by atoms with E-state index in [1.54, 1.807) is 18.2 Å². The Morgan fingerprint density at radius 3 is 2.30 bits per heavy atom. The summed E-state index contributed by atoms with van der Waals surface area (Å²) < 4.78 is 25.7. The number of thioether (sulfide) groups is 1. The summed E-state index contributed by atoms with van der Waals surface area (Å²) in [4.78, 5) is 12.8. The van der Waals surface area contributed by atoms with Crippen LogP contribution in [-0.2, 0) is 20.6 Å². The molecule has 1 amide bonds. The summed E-state index contributed by atoms with van der Waals surface area (Å²) >= 11 is 1.48. The van der Waals surface area contributed by atoms with E-state index in [4.69, 9.17) is 0 Å². The zero-order valence-electron chi connectivity index (χ0n) is 16.3. The summed E-state index contributed by atoms with van der Waals surface area (Å²) in [5.74, 6) is 0.493. The van der Waals surface area contributed by atoms with E-state index in [2.05, 4.69) is 5.32 Å². The molecule has 1 N–H and O–H groups in total. The first-order chi connectivity index (χ1) is 12.6. The van der Waals surface area contributed by atoms with Gasteiger partial charge in [-0.25, -0.2) is 12.7 Å². The van der Waals surface area contributed by atoms with Crippen LogP contribution in [0.1, 0.15) is 23.6 Å². The predicted octanol–water partition coefficient (Wildman–Crippen LogP) is 3.81. The van der Waals surface area contributed by atoms with E-state index in [9.17, 15) is 13.2 Å². The van der Waals surface area contributed by atoms with Crippen LogP contribution in [0.25, 0.3) is 0 Å². The van der Waals surface area contributed by atoms with Crippen molar-refractivity contribution in [2.75, 3.05) is 19.4 Å². The van der Waals surface area contributed by atoms with Gasteiger partial charge in [0, 0.05) is 25.5 Å². The van der Waals surface area contributed by atoms with Crippen LogP contribution >= 0.6 is 11.8 Å². The summed E-state index contributed by atoms with van der Waals surface area (Å²) in [6, 6.07) is 12.8. The molecule has 27 heavy (non-hydrogen) atoms. The fourth-order valence-corrected chi connectivity index (χ4v) is 4.34. The SMILES string of the molecule is Cc1cccc(C)c1NC(=O)C(C)SCc1cccc(S(=O)(=O)N(C)C)c1. The summed E-state index contributed by atoms with van der Waals surface area (Å²) in [5, 5.41) is 2.74. The highest BCUT2D eigenvalue weighted by Crippen LogP contribution is 2.24. The second-order valence-corrected chi connectivity index (χ2v) is 10.1. The molecule has 2 aromatic carbocycles. The van der Waals surface area contributed by atoms with Crippen LogP contribution in [0.5, 0.6) is 0 Å². The number of amides is 1. The maximum atomic E-state index is 12.5. The van der Waals surface area contributed by atoms with Gasteiger partial charge in [0.2, 0.25) is 15.9 Å². The van der Waals surface area contributed by atoms with E-state index in [1.165, 1.54) is 30.2 Å². The summed E-state index contributed by atoms with van der Waals surface area (Å²) in [6.45, 7) is 5.79. The van der Waals surface area contributed by atoms with Crippen molar-refractivity contribution in [1.82, 2.24) is 4.31 Å². The molecule has 0 bridgehead atoms. The molecule has 0 aromatic heterocycles. The van der Waals surface area contributed by atoms with E-state index in [0.29, 0.717) is 5.75 Å². The largest absolute Gasteiger partial charge is 0.325 e. The normalized spacial score (nSPS) is 12.8. The molecule has 0 fully saturated rings. The van der Waals surface area contributed by atoms with E-state index >= 15 is 0 Å². The molecule has 146 valence electrons. The van der Waals surface area contributed by atoms with Crippen molar-refractivity contribution in [3.8, 4) is 0 Å². The Hall–Kier alpha value is -1.83. The van der Waals surface area contributed by atoms with Crippen LogP contribution in [0.3, 0.4) is 0 Å². The number of nitrogens with zero attached hydrogens (tertiary/aromatic N) is 1. The van der Waals surface area contributed by atoms with Crippen molar-refractivity contribution in [2.45, 2.75) is 36.7 Å². The average Bonchev–Trinajstić information content (AvgIpc) is 2.62. The summed E-state index contributed by atoms with van der Waals surface area (Å²) in [6.07, 6.45) is 0. The van der Waals surface area contributed by atoms with Crippen LogP contribution in [-0.4, -0.2) is 38.0 Å². The number of aryl methyl sites for hydroxylation is 2. The van der Waals surface area contributed by atoms with Crippen molar-refractivity contribution in [1.29, 1.82) is 0 Å². The van der Waals surface area contributed by atoms with Crippen LogP contribution in [0.2, 0.25) is 0 Å². The standard InChI is InChI=1S/C20H26N2O3S2/c1-14-8-6-9-15(2)19(14)21-20(23)16(3)26-13-17-10-7-11-18(12-17)27(24,25)22(4)5/h6-12,16H,13H2,1-5H3,(H,21,23). The Morgan fingerprint density at radius 1 is 1.11 bits per heavy atom. The molecule has 0 radical (unpaired) electrons. The first kappa shape index (κ1) is 21.5. The highest BCUT2D eigenvalue weighted by molar-refractivity contribution is 7.99. The molecule has 2 rings (SSSR count). The quantitative estimate of drug-likeness (QED) is 0.759. The Kier molecular flexibility index (Phi) is 7.08. The average molecular weight is 407 g/mol. The van der Waals surface area contributed by atoms with E-state index in [-0.39, 0.29) is 16.1 Å². The van der Waals surface area contributed by atoms with Crippen LogP contribution in [0, 0.1) is 13.8 Å². The van der Waals surface area contributed by atoms with Crippen molar-refractivity contribution < 1.29 is 13.2 Å². The van der Waals surface area contributed by atoms with Gasteiger partial charge in [-0.2, -0.15) is 0 Å². The third kappa shape index (κ3) is 5.34. The predicted molar refractivity (Wildman–Crippen MR) is 113 cm³/mol. The van der Waals surface area contributed by atoms with Gasteiger partial charge in [-0.05, 0) is 49.6 Å². The van der Waals surface area contributed by atoms with E-state index in [0.717, 1.165) is 22.4 Å². The molecule has 0 saturated heterocycles. The number of nitrogens with one attached hydrogen (secondary N) is 1. The molecular weight excluding hydrogens is 380 g/mol. The van der Waals surface area contributed by atoms with Crippen molar-refractivity contribution in [3.05, 3.63) is 59.2 Å². The summed E-state index contributed by atoms with van der Waals surface area (Å²) in [7, 11) is -0.438. The first-order valence-electron chi connectivity index (χ1n) is 8.63. The molecule has 1 atom stereocenters. The number of para-hydroxylation sites is 1. The minimum Gasteiger partial charge on any atom is -0.325 e. The monoisotopic (exact) mass is 406 g/mol. The topological polar surface area (TPSA) is 66.5 Å². The van der Waals surface area contributed by atoms with Gasteiger partial charge in [0.15, 0.2) is 0 Å². The lowest BCUT2D eigenvalue weighted by Gasteiger charge is -2.16. The maximum Gasteiger partial charge on any atom is 0.242 e. The fourth-order valence-electron chi connectivity index (χ4n) is 2.54. The molecule has 0 saturated carbocycles. The molecule has 0 aliphatic carbocycles. The van der Waals surface area contributed by atoms with Gasteiger partial charge in [0.25, 0.3) is 0 Å². The van der Waals surface area contributed by atoms with Gasteiger partial charge in [0.1, 0.15) is 0 Å². The number of anilines is 1. The lowest BCUT2D eigenvalue weighted by molar-refractivity contribution is -0.115. The molecule has 1 unspecified atom stereocenters. The molecule has 2 aromatic rings. The first-order valence-corrected chi connectivity index (χ1v) is 11.1. The number of carbonyl (C=O) groups is 1. The Morgan fingerprint density at radius 2 is 1.70 bits per heavy atom. The highest BCUT2D eigenvalue weighted by atomic mass is 32.2. The third-order valence-corrected chi connectivity index (χ3v) is 7.30. The molecule has 0 spiro atoms. The van der Waals surface area contributed by atoms with Crippen molar-refractivity contribution in [3.63, 3.8) is 0 Å². The van der Waals surface area contributed by atoms with Gasteiger partial charge >= 0.3 is 0 Å². The minimum atomic E-state index is -3.46. The minimum absolute atomic E-state index is 0.0607. The second-order valence-electron chi connectivity index (χ2n) is 6.64. The zero-order chi connectivity index (χ0) is 20.2. The van der Waals surface area contributed by atoms with Crippen molar-refractivity contribution in [2.24, 2.45) is 0 Å². The van der Waals surface area contributed by atoms with Crippen LogP contribution in [0.15, 0.2) is 47.4 Å². The lowest BCUT2D eigenvalue weighted by Crippen LogP contribution is -2.23. The number of benzene rings is 2. The number of sulfonamides is 1. The third-order valence-electron chi connectivity index (χ3n) is 4.28. The smallest absolute Gasteiger partial charge is 0.242 e. The van der Waals surface area contributed by atoms with Crippen LogP contribution in [0.4, 0.5) is 5.69 Å². The lowest BCUT2D eigenvalue weighted by atomic mass is 10.1. The number of rotatable bonds is 7. The number of hydrogen-bond donors (Lipinski definition) is 1.